The highest BCUT2D eigenvalue weighted by Gasteiger charge is 2.47. The first kappa shape index (κ1) is 20.0. The molecule has 2 heterocycles. The number of ether oxygens (including phenoxy) is 1. The van der Waals surface area contributed by atoms with E-state index in [4.69, 9.17) is 16.3 Å². The average Bonchev–Trinajstić information content (AvgIpc) is 3.07. The molecule has 1 atom stereocenters. The van der Waals surface area contributed by atoms with Crippen LogP contribution in [0.1, 0.15) is 52.4 Å². The highest BCUT2D eigenvalue weighted by molar-refractivity contribution is 6.30. The van der Waals surface area contributed by atoms with Gasteiger partial charge in [0.1, 0.15) is 0 Å². The standard InChI is InChI=1S/C25H29ClN2O2/c1-18-5-6-22-21(15-18)23(27-11-13-30-14-12-27)17-25(22)7-9-28(10-8-25)24(29)19-3-2-4-20(26)16-19/h2-6,15-16,23H,7-14,17H2,1H3. The van der Waals surface area contributed by atoms with Crippen molar-refractivity contribution in [3.8, 4) is 0 Å². The zero-order valence-corrected chi connectivity index (χ0v) is 18.3. The Morgan fingerprint density at radius 1 is 1.07 bits per heavy atom. The zero-order valence-electron chi connectivity index (χ0n) is 17.6. The van der Waals surface area contributed by atoms with Crippen LogP contribution in [0.4, 0.5) is 0 Å². The summed E-state index contributed by atoms with van der Waals surface area (Å²) in [6.45, 7) is 7.46. The normalized spacial score (nSPS) is 23.5. The number of likely N-dealkylation sites (tertiary alicyclic amines) is 1. The number of rotatable bonds is 2. The van der Waals surface area contributed by atoms with Gasteiger partial charge in [0, 0.05) is 48.2 Å². The topological polar surface area (TPSA) is 32.8 Å². The van der Waals surface area contributed by atoms with E-state index in [0.717, 1.165) is 58.7 Å². The second-order valence-electron chi connectivity index (χ2n) is 9.04. The number of hydrogen-bond donors (Lipinski definition) is 0. The minimum atomic E-state index is 0.0965. The number of carbonyl (C=O) groups is 1. The van der Waals surface area contributed by atoms with Crippen molar-refractivity contribution in [2.24, 2.45) is 0 Å². The van der Waals surface area contributed by atoms with Crippen LogP contribution in [0.25, 0.3) is 0 Å². The molecular weight excluding hydrogens is 396 g/mol. The number of morpholine rings is 1. The molecule has 4 nitrogen and oxygen atoms in total. The van der Waals surface area contributed by atoms with Crippen molar-refractivity contribution in [2.45, 2.75) is 37.6 Å². The summed E-state index contributed by atoms with van der Waals surface area (Å²) >= 11 is 6.10. The van der Waals surface area contributed by atoms with E-state index in [0.29, 0.717) is 16.6 Å². The number of carbonyl (C=O) groups excluding carboxylic acids is 1. The van der Waals surface area contributed by atoms with Gasteiger partial charge in [0.15, 0.2) is 0 Å². The molecular formula is C25H29ClN2O2. The van der Waals surface area contributed by atoms with E-state index in [2.05, 4.69) is 30.0 Å². The molecule has 1 aliphatic carbocycles. The maximum absolute atomic E-state index is 13.0. The molecule has 2 aromatic carbocycles. The molecule has 1 amide bonds. The van der Waals surface area contributed by atoms with Crippen LogP contribution in [0.5, 0.6) is 0 Å². The van der Waals surface area contributed by atoms with E-state index in [1.54, 1.807) is 6.07 Å². The molecule has 1 spiro atoms. The smallest absolute Gasteiger partial charge is 0.253 e. The molecule has 1 unspecified atom stereocenters. The summed E-state index contributed by atoms with van der Waals surface area (Å²) in [5.41, 5.74) is 5.22. The molecule has 158 valence electrons. The van der Waals surface area contributed by atoms with Crippen LogP contribution < -0.4 is 0 Å². The molecule has 3 aliphatic rings. The van der Waals surface area contributed by atoms with Gasteiger partial charge in [-0.2, -0.15) is 0 Å². The Morgan fingerprint density at radius 2 is 1.83 bits per heavy atom. The third-order valence-electron chi connectivity index (χ3n) is 7.29. The van der Waals surface area contributed by atoms with E-state index in [9.17, 15) is 4.79 Å². The molecule has 30 heavy (non-hydrogen) atoms. The van der Waals surface area contributed by atoms with Crippen molar-refractivity contribution in [1.29, 1.82) is 0 Å². The summed E-state index contributed by atoms with van der Waals surface area (Å²) < 4.78 is 5.60. The lowest BCUT2D eigenvalue weighted by molar-refractivity contribution is 0.0104. The van der Waals surface area contributed by atoms with Crippen molar-refractivity contribution in [3.63, 3.8) is 0 Å². The number of halogens is 1. The van der Waals surface area contributed by atoms with Crippen molar-refractivity contribution >= 4 is 17.5 Å². The van der Waals surface area contributed by atoms with Crippen molar-refractivity contribution in [2.75, 3.05) is 39.4 Å². The Morgan fingerprint density at radius 3 is 2.57 bits per heavy atom. The van der Waals surface area contributed by atoms with Gasteiger partial charge in [-0.25, -0.2) is 0 Å². The minimum absolute atomic E-state index is 0.0965. The fourth-order valence-corrected chi connectivity index (χ4v) is 5.85. The van der Waals surface area contributed by atoms with E-state index in [-0.39, 0.29) is 11.3 Å². The first-order chi connectivity index (χ1) is 14.6. The number of hydrogen-bond acceptors (Lipinski definition) is 3. The van der Waals surface area contributed by atoms with E-state index in [1.165, 1.54) is 16.7 Å². The molecule has 2 aromatic rings. The van der Waals surface area contributed by atoms with Gasteiger partial charge in [-0.3, -0.25) is 9.69 Å². The van der Waals surface area contributed by atoms with Crippen LogP contribution in [0, 0.1) is 6.92 Å². The number of nitrogens with zero attached hydrogens (tertiary/aromatic N) is 2. The van der Waals surface area contributed by atoms with Gasteiger partial charge in [0.05, 0.1) is 13.2 Å². The molecule has 2 aliphatic heterocycles. The zero-order chi connectivity index (χ0) is 20.7. The monoisotopic (exact) mass is 424 g/mol. The van der Waals surface area contributed by atoms with Crippen LogP contribution in [-0.2, 0) is 10.2 Å². The molecule has 0 radical (unpaired) electrons. The highest BCUT2D eigenvalue weighted by Crippen LogP contribution is 2.53. The quantitative estimate of drug-likeness (QED) is 0.706. The summed E-state index contributed by atoms with van der Waals surface area (Å²) in [5.74, 6) is 0.0965. The third-order valence-corrected chi connectivity index (χ3v) is 7.52. The van der Waals surface area contributed by atoms with Crippen LogP contribution >= 0.6 is 11.6 Å². The average molecular weight is 425 g/mol. The van der Waals surface area contributed by atoms with Crippen LogP contribution in [-0.4, -0.2) is 55.1 Å². The van der Waals surface area contributed by atoms with Crippen molar-refractivity contribution in [1.82, 2.24) is 9.80 Å². The van der Waals surface area contributed by atoms with E-state index in [1.807, 2.05) is 23.1 Å². The predicted molar refractivity (Wildman–Crippen MR) is 119 cm³/mol. The van der Waals surface area contributed by atoms with Crippen LogP contribution in [0.2, 0.25) is 5.02 Å². The van der Waals surface area contributed by atoms with Gasteiger partial charge in [0.25, 0.3) is 5.91 Å². The molecule has 5 heteroatoms. The van der Waals surface area contributed by atoms with Crippen LogP contribution in [0.15, 0.2) is 42.5 Å². The maximum atomic E-state index is 13.0. The molecule has 0 N–H and O–H groups in total. The maximum Gasteiger partial charge on any atom is 0.253 e. The molecule has 0 aromatic heterocycles. The minimum Gasteiger partial charge on any atom is -0.379 e. The Kier molecular flexibility index (Phi) is 5.34. The SMILES string of the molecule is Cc1ccc2c(c1)C(N1CCOCC1)CC21CCN(C(=O)c2cccc(Cl)c2)CC1. The number of amides is 1. The van der Waals surface area contributed by atoms with E-state index >= 15 is 0 Å². The molecule has 0 bridgehead atoms. The largest absolute Gasteiger partial charge is 0.379 e. The second-order valence-corrected chi connectivity index (χ2v) is 9.48. The molecule has 5 rings (SSSR count). The Balaban J connectivity index is 1.37. The number of fused-ring (bicyclic) bond motifs is 2. The lowest BCUT2D eigenvalue weighted by atomic mass is 9.73. The number of benzene rings is 2. The number of piperidine rings is 1. The third kappa shape index (κ3) is 3.55. The lowest BCUT2D eigenvalue weighted by Gasteiger charge is -2.41. The fraction of sp³-hybridized carbons (Fsp3) is 0.480. The van der Waals surface area contributed by atoms with Crippen molar-refractivity contribution in [3.05, 3.63) is 69.7 Å². The molecule has 0 saturated carbocycles. The fourth-order valence-electron chi connectivity index (χ4n) is 5.66. The summed E-state index contributed by atoms with van der Waals surface area (Å²) in [6, 6.07) is 14.8. The predicted octanol–water partition coefficient (Wildman–Crippen LogP) is 4.60. The Labute approximate surface area is 183 Å². The summed E-state index contributed by atoms with van der Waals surface area (Å²) in [6.07, 6.45) is 3.21. The van der Waals surface area contributed by atoms with Crippen molar-refractivity contribution < 1.29 is 9.53 Å². The summed E-state index contributed by atoms with van der Waals surface area (Å²) in [4.78, 5) is 17.6. The van der Waals surface area contributed by atoms with Crippen LogP contribution in [0.3, 0.4) is 0 Å². The first-order valence-electron chi connectivity index (χ1n) is 11.0. The van der Waals surface area contributed by atoms with Gasteiger partial charge in [-0.05, 0) is 55.5 Å². The second kappa shape index (κ2) is 7.99. The van der Waals surface area contributed by atoms with Gasteiger partial charge in [-0.15, -0.1) is 0 Å². The van der Waals surface area contributed by atoms with Gasteiger partial charge >= 0.3 is 0 Å². The number of aryl methyl sites for hydroxylation is 1. The highest BCUT2D eigenvalue weighted by atomic mass is 35.5. The van der Waals surface area contributed by atoms with Gasteiger partial charge < -0.3 is 9.64 Å². The Bertz CT molecular complexity index is 946. The van der Waals surface area contributed by atoms with E-state index < -0.39 is 0 Å². The van der Waals surface area contributed by atoms with Gasteiger partial charge in [-0.1, -0.05) is 41.4 Å². The first-order valence-corrected chi connectivity index (χ1v) is 11.4. The lowest BCUT2D eigenvalue weighted by Crippen LogP contribution is -2.45. The molecule has 2 fully saturated rings. The molecule has 2 saturated heterocycles. The van der Waals surface area contributed by atoms with Gasteiger partial charge in [0.2, 0.25) is 0 Å². The summed E-state index contributed by atoms with van der Waals surface area (Å²) in [7, 11) is 0. The summed E-state index contributed by atoms with van der Waals surface area (Å²) in [5, 5.41) is 0.614. The Hall–Kier alpha value is -1.88.